The van der Waals surface area contributed by atoms with Crippen LogP contribution in [-0.2, 0) is 0 Å². The lowest BCUT2D eigenvalue weighted by Gasteiger charge is -2.10. The summed E-state index contributed by atoms with van der Waals surface area (Å²) in [5.74, 6) is 0. The molecule has 22 heavy (non-hydrogen) atoms. The van der Waals surface area contributed by atoms with Crippen molar-refractivity contribution in [2.45, 2.75) is 0 Å². The molecule has 0 aliphatic heterocycles. The Morgan fingerprint density at radius 3 is 1.64 bits per heavy atom. The predicted octanol–water partition coefficient (Wildman–Crippen LogP) is 4.51. The van der Waals surface area contributed by atoms with Crippen LogP contribution in [0.25, 0.3) is 22.3 Å². The van der Waals surface area contributed by atoms with Gasteiger partial charge in [-0.3, -0.25) is 10.1 Å². The Morgan fingerprint density at radius 2 is 1.18 bits per heavy atom. The molecule has 4 heteroatoms. The van der Waals surface area contributed by atoms with E-state index in [1.54, 1.807) is 12.1 Å². The molecule has 0 radical (unpaired) electrons. The first-order valence-corrected chi connectivity index (χ1v) is 6.85. The summed E-state index contributed by atoms with van der Waals surface area (Å²) in [5.41, 5.74) is 10.6. The molecular formula is C18H14N2O2. The molecule has 108 valence electrons. The molecule has 0 atom stereocenters. The van der Waals surface area contributed by atoms with E-state index in [2.05, 4.69) is 0 Å². The molecule has 0 fully saturated rings. The molecule has 2 N–H and O–H groups in total. The predicted molar refractivity (Wildman–Crippen MR) is 88.4 cm³/mol. The highest BCUT2D eigenvalue weighted by atomic mass is 16.6. The monoisotopic (exact) mass is 290 g/mol. The average Bonchev–Trinajstić information content (AvgIpc) is 2.56. The van der Waals surface area contributed by atoms with Crippen LogP contribution < -0.4 is 5.73 Å². The molecule has 0 aliphatic rings. The van der Waals surface area contributed by atoms with Gasteiger partial charge < -0.3 is 5.73 Å². The van der Waals surface area contributed by atoms with E-state index in [0.717, 1.165) is 27.9 Å². The summed E-state index contributed by atoms with van der Waals surface area (Å²) in [7, 11) is 0. The third-order valence-corrected chi connectivity index (χ3v) is 3.54. The minimum absolute atomic E-state index is 0.0914. The van der Waals surface area contributed by atoms with E-state index in [1.807, 2.05) is 48.5 Å². The second kappa shape index (κ2) is 5.69. The van der Waals surface area contributed by atoms with Crippen molar-refractivity contribution in [2.24, 2.45) is 0 Å². The van der Waals surface area contributed by atoms with Gasteiger partial charge in [-0.05, 0) is 46.5 Å². The first kappa shape index (κ1) is 13.8. The van der Waals surface area contributed by atoms with E-state index >= 15 is 0 Å². The lowest BCUT2D eigenvalue weighted by atomic mass is 9.94. The summed E-state index contributed by atoms with van der Waals surface area (Å²) in [4.78, 5) is 10.4. The molecule has 0 saturated heterocycles. The number of non-ortho nitro benzene ring substituents is 1. The number of nitrogens with zero attached hydrogens (tertiary/aromatic N) is 1. The van der Waals surface area contributed by atoms with Gasteiger partial charge in [0.1, 0.15) is 0 Å². The zero-order valence-electron chi connectivity index (χ0n) is 11.8. The number of hydrogen-bond acceptors (Lipinski definition) is 3. The van der Waals surface area contributed by atoms with Gasteiger partial charge in [-0.25, -0.2) is 0 Å². The summed E-state index contributed by atoms with van der Waals surface area (Å²) in [6.45, 7) is 0. The van der Waals surface area contributed by atoms with Crippen LogP contribution in [0.3, 0.4) is 0 Å². The minimum Gasteiger partial charge on any atom is -0.399 e. The van der Waals surface area contributed by atoms with E-state index < -0.39 is 4.92 Å². The third-order valence-electron chi connectivity index (χ3n) is 3.54. The van der Waals surface area contributed by atoms with Gasteiger partial charge in [0.05, 0.1) is 4.92 Å². The molecule has 0 heterocycles. The lowest BCUT2D eigenvalue weighted by molar-refractivity contribution is -0.384. The standard InChI is InChI=1S/C18H14N2O2/c19-15-9-5-13(6-10-15)17-3-1-2-4-18(17)14-7-11-16(12-8-14)20(21)22/h1-12H,19H2. The number of nitro benzene ring substituents is 1. The summed E-state index contributed by atoms with van der Waals surface area (Å²) in [5, 5.41) is 10.8. The Hall–Kier alpha value is -3.14. The molecule has 0 aliphatic carbocycles. The first-order chi connectivity index (χ1) is 10.6. The average molecular weight is 290 g/mol. The van der Waals surface area contributed by atoms with Crippen molar-refractivity contribution >= 4 is 11.4 Å². The summed E-state index contributed by atoms with van der Waals surface area (Å²) in [6, 6.07) is 22.2. The highest BCUT2D eigenvalue weighted by Crippen LogP contribution is 2.33. The van der Waals surface area contributed by atoms with Gasteiger partial charge in [0.25, 0.3) is 5.69 Å². The van der Waals surface area contributed by atoms with Crippen LogP contribution >= 0.6 is 0 Å². The van der Waals surface area contributed by atoms with Crippen LogP contribution in [0, 0.1) is 10.1 Å². The number of anilines is 1. The zero-order chi connectivity index (χ0) is 15.5. The molecule has 0 aromatic heterocycles. The largest absolute Gasteiger partial charge is 0.399 e. The second-order valence-corrected chi connectivity index (χ2v) is 4.97. The van der Waals surface area contributed by atoms with Gasteiger partial charge in [-0.15, -0.1) is 0 Å². The van der Waals surface area contributed by atoms with E-state index in [-0.39, 0.29) is 5.69 Å². The Bertz CT molecular complexity index is 809. The molecular weight excluding hydrogens is 276 g/mol. The fourth-order valence-corrected chi connectivity index (χ4v) is 2.41. The van der Waals surface area contributed by atoms with Crippen LogP contribution in [-0.4, -0.2) is 4.92 Å². The van der Waals surface area contributed by atoms with Crippen molar-refractivity contribution in [3.8, 4) is 22.3 Å². The van der Waals surface area contributed by atoms with Crippen molar-refractivity contribution in [1.82, 2.24) is 0 Å². The van der Waals surface area contributed by atoms with Crippen molar-refractivity contribution in [3.63, 3.8) is 0 Å². The Morgan fingerprint density at radius 1 is 0.727 bits per heavy atom. The Balaban J connectivity index is 2.08. The van der Waals surface area contributed by atoms with Crippen molar-refractivity contribution in [3.05, 3.63) is 82.9 Å². The Kier molecular flexibility index (Phi) is 3.58. The Labute approximate surface area is 128 Å². The number of nitrogens with two attached hydrogens (primary N) is 1. The van der Waals surface area contributed by atoms with Crippen LogP contribution in [0.1, 0.15) is 0 Å². The molecule has 0 saturated carbocycles. The van der Waals surface area contributed by atoms with Gasteiger partial charge in [0, 0.05) is 17.8 Å². The van der Waals surface area contributed by atoms with Crippen molar-refractivity contribution in [2.75, 3.05) is 5.73 Å². The number of nitrogen functional groups attached to an aromatic ring is 1. The first-order valence-electron chi connectivity index (χ1n) is 6.85. The molecule has 0 bridgehead atoms. The summed E-state index contributed by atoms with van der Waals surface area (Å²) >= 11 is 0. The topological polar surface area (TPSA) is 69.2 Å². The normalized spacial score (nSPS) is 10.4. The van der Waals surface area contributed by atoms with Gasteiger partial charge >= 0.3 is 0 Å². The molecule has 3 rings (SSSR count). The van der Waals surface area contributed by atoms with Crippen LogP contribution in [0.2, 0.25) is 0 Å². The number of hydrogen-bond donors (Lipinski definition) is 1. The highest BCUT2D eigenvalue weighted by Gasteiger charge is 2.09. The van der Waals surface area contributed by atoms with E-state index in [4.69, 9.17) is 5.73 Å². The minimum atomic E-state index is -0.393. The third kappa shape index (κ3) is 2.67. The molecule has 0 amide bonds. The maximum absolute atomic E-state index is 10.8. The van der Waals surface area contributed by atoms with E-state index in [9.17, 15) is 10.1 Å². The van der Waals surface area contributed by atoms with Crippen LogP contribution in [0.5, 0.6) is 0 Å². The van der Waals surface area contributed by atoms with Crippen LogP contribution in [0.4, 0.5) is 11.4 Å². The molecule has 3 aromatic rings. The fraction of sp³-hybridized carbons (Fsp3) is 0. The second-order valence-electron chi connectivity index (χ2n) is 4.97. The SMILES string of the molecule is Nc1ccc(-c2ccccc2-c2ccc([N+](=O)[O-])cc2)cc1. The molecule has 4 nitrogen and oxygen atoms in total. The molecule has 0 spiro atoms. The van der Waals surface area contributed by atoms with Gasteiger partial charge in [-0.1, -0.05) is 36.4 Å². The molecule has 3 aromatic carbocycles. The van der Waals surface area contributed by atoms with Crippen molar-refractivity contribution < 1.29 is 4.92 Å². The maximum atomic E-state index is 10.8. The van der Waals surface area contributed by atoms with E-state index in [0.29, 0.717) is 0 Å². The zero-order valence-corrected chi connectivity index (χ0v) is 11.8. The number of nitro groups is 1. The quantitative estimate of drug-likeness (QED) is 0.438. The maximum Gasteiger partial charge on any atom is 0.269 e. The van der Waals surface area contributed by atoms with Gasteiger partial charge in [0.2, 0.25) is 0 Å². The van der Waals surface area contributed by atoms with Gasteiger partial charge in [-0.2, -0.15) is 0 Å². The summed E-state index contributed by atoms with van der Waals surface area (Å²) < 4.78 is 0. The van der Waals surface area contributed by atoms with E-state index in [1.165, 1.54) is 12.1 Å². The summed E-state index contributed by atoms with van der Waals surface area (Å²) in [6.07, 6.45) is 0. The highest BCUT2D eigenvalue weighted by molar-refractivity contribution is 5.84. The number of rotatable bonds is 3. The smallest absolute Gasteiger partial charge is 0.269 e. The number of benzene rings is 3. The lowest BCUT2D eigenvalue weighted by Crippen LogP contribution is -1.89. The van der Waals surface area contributed by atoms with Crippen LogP contribution in [0.15, 0.2) is 72.8 Å². The van der Waals surface area contributed by atoms with Crippen molar-refractivity contribution in [1.29, 1.82) is 0 Å². The fourth-order valence-electron chi connectivity index (χ4n) is 2.41. The molecule has 0 unspecified atom stereocenters. The van der Waals surface area contributed by atoms with Gasteiger partial charge in [0.15, 0.2) is 0 Å².